The molecular weight excluding hydrogens is 479 g/mol. The van der Waals surface area contributed by atoms with E-state index in [1.807, 2.05) is 24.3 Å². The molecule has 2 amide bonds. The molecule has 0 spiro atoms. The molecule has 0 aromatic heterocycles. The van der Waals surface area contributed by atoms with Gasteiger partial charge in [-0.25, -0.2) is 9.40 Å². The van der Waals surface area contributed by atoms with Gasteiger partial charge in [0.05, 0.1) is 32.1 Å². The normalized spacial score (nSPS) is 18.0. The zero-order chi connectivity index (χ0) is 26.2. The van der Waals surface area contributed by atoms with Crippen LogP contribution in [0.2, 0.25) is 0 Å². The molecule has 0 saturated carbocycles. The average Bonchev–Trinajstić information content (AvgIpc) is 3.38. The third-order valence-electron chi connectivity index (χ3n) is 6.58. The maximum absolute atomic E-state index is 13.6. The van der Waals surface area contributed by atoms with Crippen LogP contribution >= 0.6 is 0 Å². The molecular formula is C27H33FN4O5. The van der Waals surface area contributed by atoms with E-state index in [1.54, 1.807) is 19.2 Å². The molecule has 10 heteroatoms. The minimum absolute atomic E-state index is 0.113. The summed E-state index contributed by atoms with van der Waals surface area (Å²) in [5.41, 5.74) is 2.36. The van der Waals surface area contributed by atoms with Crippen molar-refractivity contribution >= 4 is 17.5 Å². The van der Waals surface area contributed by atoms with E-state index in [4.69, 9.17) is 14.2 Å². The van der Waals surface area contributed by atoms with Crippen LogP contribution in [-0.4, -0.2) is 99.1 Å². The van der Waals surface area contributed by atoms with Crippen LogP contribution in [-0.2, 0) is 19.1 Å². The van der Waals surface area contributed by atoms with Crippen LogP contribution in [0.1, 0.15) is 23.6 Å². The van der Waals surface area contributed by atoms with Crippen molar-refractivity contribution in [1.82, 2.24) is 14.8 Å². The number of benzene rings is 2. The summed E-state index contributed by atoms with van der Waals surface area (Å²) < 4.78 is 29.3. The van der Waals surface area contributed by atoms with Crippen molar-refractivity contribution < 1.29 is 28.2 Å². The van der Waals surface area contributed by atoms with Crippen LogP contribution in [0.5, 0.6) is 5.75 Å². The SMILES string of the molecule is COCC(=O)N(CCN1CCOCC1)CC(=O)N1N=C(c2ccc(OC)cc2)CC1c1ccc(F)cc1. The minimum Gasteiger partial charge on any atom is -0.497 e. The maximum atomic E-state index is 13.6. The van der Waals surface area contributed by atoms with Crippen molar-refractivity contribution in [3.05, 3.63) is 65.5 Å². The van der Waals surface area contributed by atoms with E-state index in [-0.39, 0.29) is 30.8 Å². The molecule has 198 valence electrons. The quantitative estimate of drug-likeness (QED) is 0.486. The van der Waals surface area contributed by atoms with Crippen molar-refractivity contribution in [3.8, 4) is 5.75 Å². The highest BCUT2D eigenvalue weighted by molar-refractivity contribution is 6.03. The number of nitrogens with zero attached hydrogens (tertiary/aromatic N) is 4. The predicted octanol–water partition coefficient (Wildman–Crippen LogP) is 2.32. The fourth-order valence-corrected chi connectivity index (χ4v) is 4.47. The molecule has 4 rings (SSSR count). The molecule has 2 aliphatic rings. The van der Waals surface area contributed by atoms with E-state index in [1.165, 1.54) is 29.2 Å². The number of carbonyl (C=O) groups is 2. The predicted molar refractivity (Wildman–Crippen MR) is 136 cm³/mol. The molecule has 9 nitrogen and oxygen atoms in total. The minimum atomic E-state index is -0.413. The van der Waals surface area contributed by atoms with Crippen LogP contribution in [0, 0.1) is 5.82 Å². The molecule has 1 fully saturated rings. The van der Waals surface area contributed by atoms with Crippen LogP contribution < -0.4 is 4.74 Å². The molecule has 1 saturated heterocycles. The van der Waals surface area contributed by atoms with Gasteiger partial charge in [0, 0.05) is 39.7 Å². The van der Waals surface area contributed by atoms with Crippen molar-refractivity contribution in [3.63, 3.8) is 0 Å². The molecule has 0 N–H and O–H groups in total. The van der Waals surface area contributed by atoms with E-state index >= 15 is 0 Å². The summed E-state index contributed by atoms with van der Waals surface area (Å²) in [6, 6.07) is 13.1. The number of amides is 2. The Hall–Kier alpha value is -3.34. The smallest absolute Gasteiger partial charge is 0.262 e. The highest BCUT2D eigenvalue weighted by Gasteiger charge is 2.34. The number of halogens is 1. The fourth-order valence-electron chi connectivity index (χ4n) is 4.47. The van der Waals surface area contributed by atoms with E-state index in [9.17, 15) is 14.0 Å². The van der Waals surface area contributed by atoms with Crippen LogP contribution in [0.25, 0.3) is 0 Å². The van der Waals surface area contributed by atoms with Crippen LogP contribution in [0.15, 0.2) is 53.6 Å². The lowest BCUT2D eigenvalue weighted by atomic mass is 9.98. The van der Waals surface area contributed by atoms with Gasteiger partial charge in [-0.1, -0.05) is 12.1 Å². The third kappa shape index (κ3) is 6.91. The second-order valence-electron chi connectivity index (χ2n) is 8.99. The highest BCUT2D eigenvalue weighted by Crippen LogP contribution is 2.33. The number of morpholine rings is 1. The molecule has 2 aromatic rings. The van der Waals surface area contributed by atoms with E-state index < -0.39 is 6.04 Å². The summed E-state index contributed by atoms with van der Waals surface area (Å²) in [7, 11) is 3.05. The Morgan fingerprint density at radius 2 is 1.78 bits per heavy atom. The van der Waals surface area contributed by atoms with E-state index in [0.29, 0.717) is 32.7 Å². The van der Waals surface area contributed by atoms with Gasteiger partial charge < -0.3 is 19.1 Å². The Labute approximate surface area is 216 Å². The van der Waals surface area contributed by atoms with Gasteiger partial charge in [-0.15, -0.1) is 0 Å². The number of hydrazone groups is 1. The molecule has 37 heavy (non-hydrogen) atoms. The monoisotopic (exact) mass is 512 g/mol. The Bertz CT molecular complexity index is 1090. The first-order chi connectivity index (χ1) is 18.0. The largest absolute Gasteiger partial charge is 0.497 e. The lowest BCUT2D eigenvalue weighted by Gasteiger charge is -2.31. The van der Waals surface area contributed by atoms with Crippen LogP contribution in [0.3, 0.4) is 0 Å². The molecule has 0 aliphatic carbocycles. The summed E-state index contributed by atoms with van der Waals surface area (Å²) in [6.07, 6.45) is 0.462. The Kier molecular flexibility index (Phi) is 9.21. The first-order valence-corrected chi connectivity index (χ1v) is 12.3. The number of methoxy groups -OCH3 is 2. The number of hydrogen-bond donors (Lipinski definition) is 0. The van der Waals surface area contributed by atoms with Gasteiger partial charge in [0.15, 0.2) is 0 Å². The topological polar surface area (TPSA) is 83.9 Å². The van der Waals surface area contributed by atoms with Gasteiger partial charge in [0.1, 0.15) is 24.7 Å². The van der Waals surface area contributed by atoms with Crippen molar-refractivity contribution in [2.75, 3.05) is 66.8 Å². The molecule has 0 bridgehead atoms. The fraction of sp³-hybridized carbons (Fsp3) is 0.444. The van der Waals surface area contributed by atoms with Gasteiger partial charge >= 0.3 is 0 Å². The second-order valence-corrected chi connectivity index (χ2v) is 8.99. The Morgan fingerprint density at radius 1 is 1.08 bits per heavy atom. The number of ether oxygens (including phenoxy) is 3. The lowest BCUT2D eigenvalue weighted by molar-refractivity contribution is -0.143. The molecule has 2 aromatic carbocycles. The van der Waals surface area contributed by atoms with Crippen molar-refractivity contribution in [1.29, 1.82) is 0 Å². The summed E-state index contributed by atoms with van der Waals surface area (Å²) in [5, 5.41) is 6.10. The summed E-state index contributed by atoms with van der Waals surface area (Å²) in [5.74, 6) is -0.210. The van der Waals surface area contributed by atoms with Gasteiger partial charge in [-0.3, -0.25) is 14.5 Å². The summed E-state index contributed by atoms with van der Waals surface area (Å²) in [4.78, 5) is 30.1. The van der Waals surface area contributed by atoms with Gasteiger partial charge in [-0.05, 0) is 47.5 Å². The van der Waals surface area contributed by atoms with E-state index in [0.717, 1.165) is 35.7 Å². The van der Waals surface area contributed by atoms with Gasteiger partial charge in [-0.2, -0.15) is 5.10 Å². The van der Waals surface area contributed by atoms with Gasteiger partial charge in [0.25, 0.3) is 5.91 Å². The van der Waals surface area contributed by atoms with Crippen molar-refractivity contribution in [2.24, 2.45) is 5.10 Å². The van der Waals surface area contributed by atoms with Crippen molar-refractivity contribution in [2.45, 2.75) is 12.5 Å². The average molecular weight is 513 g/mol. The zero-order valence-corrected chi connectivity index (χ0v) is 21.3. The zero-order valence-electron chi connectivity index (χ0n) is 21.3. The summed E-state index contributed by atoms with van der Waals surface area (Å²) >= 11 is 0. The first kappa shape index (κ1) is 26.7. The second kappa shape index (κ2) is 12.8. The lowest BCUT2D eigenvalue weighted by Crippen LogP contribution is -2.47. The number of rotatable bonds is 10. The molecule has 2 heterocycles. The number of carbonyl (C=O) groups excluding carboxylic acids is 2. The Morgan fingerprint density at radius 3 is 2.43 bits per heavy atom. The summed E-state index contributed by atoms with van der Waals surface area (Å²) in [6.45, 7) is 3.65. The Balaban J connectivity index is 1.54. The standard InChI is InChI=1S/C27H33FN4O5/c1-35-19-27(34)31(12-11-30-13-15-37-16-14-30)18-26(33)32-25(21-3-7-22(28)8-4-21)17-24(29-32)20-5-9-23(36-2)10-6-20/h3-10,25H,11-19H2,1-2H3. The molecule has 1 unspecified atom stereocenters. The molecule has 1 atom stereocenters. The highest BCUT2D eigenvalue weighted by atomic mass is 19.1. The number of hydrogen-bond acceptors (Lipinski definition) is 7. The molecule has 2 aliphatic heterocycles. The first-order valence-electron chi connectivity index (χ1n) is 12.3. The van der Waals surface area contributed by atoms with E-state index in [2.05, 4.69) is 10.0 Å². The van der Waals surface area contributed by atoms with Gasteiger partial charge in [0.2, 0.25) is 5.91 Å². The third-order valence-corrected chi connectivity index (χ3v) is 6.58. The maximum Gasteiger partial charge on any atom is 0.262 e. The molecule has 0 radical (unpaired) electrons. The van der Waals surface area contributed by atoms with Crippen LogP contribution in [0.4, 0.5) is 4.39 Å².